The van der Waals surface area contributed by atoms with Gasteiger partial charge in [0, 0.05) is 63.7 Å². The molecule has 0 spiro atoms. The molecule has 4 atom stereocenters. The van der Waals surface area contributed by atoms with Gasteiger partial charge in [0.25, 0.3) is 0 Å². The predicted octanol–water partition coefficient (Wildman–Crippen LogP) is 13.2. The summed E-state index contributed by atoms with van der Waals surface area (Å²) in [7, 11) is 0. The molecular formula is C52H62BrF12N9O5. The maximum atomic E-state index is 13.6. The van der Waals surface area contributed by atoms with Crippen molar-refractivity contribution in [1.29, 1.82) is 0 Å². The van der Waals surface area contributed by atoms with Gasteiger partial charge in [0.15, 0.2) is 0 Å². The number of aromatic nitrogens is 4. The molecule has 3 saturated heterocycles. The van der Waals surface area contributed by atoms with Crippen molar-refractivity contribution in [1.82, 2.24) is 29.7 Å². The number of carbonyl (C=O) groups excluding carboxylic acids is 2. The van der Waals surface area contributed by atoms with E-state index >= 15 is 0 Å². The van der Waals surface area contributed by atoms with Gasteiger partial charge in [0.05, 0.1) is 70.1 Å². The summed E-state index contributed by atoms with van der Waals surface area (Å²) in [5.41, 5.74) is -6.79. The molecule has 27 heteroatoms. The van der Waals surface area contributed by atoms with Crippen molar-refractivity contribution in [3.63, 3.8) is 0 Å². The Kier molecular flexibility index (Phi) is 19.3. The standard InChI is InChI=1S/C28H35F6N5O3.C24H27BrF6N4O2/c1-5-21-13-22(17-39(21)25(40)42-26(2,3)4)38(24-35-14-23(15-36-24)37-6-8-41-9-7-37)16-18-10-19(27(29,30)31)12-20(11-18)28(32,33)34;1-5-18-9-19(13-35(18)21(36)37-22(2,3)4)34(20-32-10-17(25)11-33-20)12-14-6-15(23(26,27)28)8-16(7-14)24(29,30)31/h10-12,14-15,21-22H,5-9,13,16-17H2,1-4H3;6-8,10-11,18-19H,5,9,12-13H2,1-4H3/t21-,22+;18-,19+/m11/s1. The van der Waals surface area contributed by atoms with Gasteiger partial charge in [-0.3, -0.25) is 0 Å². The van der Waals surface area contributed by atoms with E-state index in [0.717, 1.165) is 0 Å². The summed E-state index contributed by atoms with van der Waals surface area (Å²) in [5.74, 6) is 0.240. The molecule has 14 nitrogen and oxygen atoms in total. The molecule has 0 aliphatic carbocycles. The maximum Gasteiger partial charge on any atom is 0.416 e. The quantitative estimate of drug-likeness (QED) is 0.133. The lowest BCUT2D eigenvalue weighted by atomic mass is 10.0. The van der Waals surface area contributed by atoms with Crippen molar-refractivity contribution in [3.05, 3.63) is 99.0 Å². The number of likely N-dealkylation sites (tertiary alicyclic amines) is 2. The minimum absolute atomic E-state index is 0.0941. The second-order valence-corrected chi connectivity index (χ2v) is 22.2. The summed E-state index contributed by atoms with van der Waals surface area (Å²) in [6, 6.07) is 1.52. The van der Waals surface area contributed by atoms with Crippen LogP contribution in [0.3, 0.4) is 0 Å². The zero-order chi connectivity index (χ0) is 58.6. The van der Waals surface area contributed by atoms with Gasteiger partial charge in [-0.05, 0) is 131 Å². The Hall–Kier alpha value is -5.86. The van der Waals surface area contributed by atoms with E-state index in [-0.39, 0.29) is 73.4 Å². The van der Waals surface area contributed by atoms with E-state index in [0.29, 0.717) is 86.4 Å². The van der Waals surface area contributed by atoms with Gasteiger partial charge >= 0.3 is 36.9 Å². The van der Waals surface area contributed by atoms with Crippen LogP contribution in [0.1, 0.15) is 114 Å². The van der Waals surface area contributed by atoms with Crippen molar-refractivity contribution in [3.8, 4) is 0 Å². The van der Waals surface area contributed by atoms with E-state index in [1.54, 1.807) is 63.7 Å². The Labute approximate surface area is 457 Å². The third-order valence-corrected chi connectivity index (χ3v) is 13.4. The summed E-state index contributed by atoms with van der Waals surface area (Å²) in [6.45, 7) is 16.1. The molecule has 3 aliphatic rings. The van der Waals surface area contributed by atoms with Crippen LogP contribution >= 0.6 is 15.9 Å². The molecule has 0 N–H and O–H groups in total. The van der Waals surface area contributed by atoms with Gasteiger partial charge in [0.2, 0.25) is 11.9 Å². The number of halogens is 13. The van der Waals surface area contributed by atoms with Crippen LogP contribution in [0.4, 0.5) is 79.9 Å². The number of benzene rings is 2. The van der Waals surface area contributed by atoms with Crippen LogP contribution in [0, 0.1) is 0 Å². The highest BCUT2D eigenvalue weighted by Crippen LogP contribution is 2.40. The summed E-state index contributed by atoms with van der Waals surface area (Å²) in [5, 5.41) is 0. The molecule has 3 fully saturated rings. The highest BCUT2D eigenvalue weighted by atomic mass is 79.9. The minimum atomic E-state index is -4.98. The van der Waals surface area contributed by atoms with Crippen molar-refractivity contribution >= 4 is 45.7 Å². The van der Waals surface area contributed by atoms with Crippen molar-refractivity contribution in [2.45, 2.75) is 154 Å². The molecule has 3 aliphatic heterocycles. The van der Waals surface area contributed by atoms with Crippen LogP contribution < -0.4 is 14.7 Å². The third-order valence-electron chi connectivity index (χ3n) is 13.0. The number of rotatable bonds is 11. The number of nitrogens with zero attached hydrogens (tertiary/aromatic N) is 9. The topological polar surface area (TPSA) is 130 Å². The van der Waals surface area contributed by atoms with Gasteiger partial charge < -0.3 is 38.7 Å². The molecule has 7 rings (SSSR count). The maximum absolute atomic E-state index is 13.6. The number of anilines is 3. The first-order valence-corrected chi connectivity index (χ1v) is 26.0. The van der Waals surface area contributed by atoms with E-state index in [4.69, 9.17) is 14.2 Å². The van der Waals surface area contributed by atoms with Crippen LogP contribution in [0.25, 0.3) is 0 Å². The highest BCUT2D eigenvalue weighted by Gasteiger charge is 2.44. The highest BCUT2D eigenvalue weighted by molar-refractivity contribution is 9.10. The number of hydrogen-bond donors (Lipinski definition) is 0. The third kappa shape index (κ3) is 17.1. The Bertz CT molecular complexity index is 2630. The zero-order valence-electron chi connectivity index (χ0n) is 44.5. The van der Waals surface area contributed by atoms with Gasteiger partial charge in [-0.2, -0.15) is 52.7 Å². The van der Waals surface area contributed by atoms with Crippen LogP contribution in [0.5, 0.6) is 0 Å². The van der Waals surface area contributed by atoms with Crippen molar-refractivity contribution in [2.75, 3.05) is 54.1 Å². The number of ether oxygens (including phenoxy) is 3. The number of carbonyl (C=O) groups is 2. The molecule has 4 aromatic rings. The average Bonchev–Trinajstić information content (AvgIpc) is 4.08. The first-order valence-electron chi connectivity index (χ1n) is 25.2. The van der Waals surface area contributed by atoms with E-state index in [2.05, 4.69) is 35.9 Å². The molecule has 2 aromatic carbocycles. The van der Waals surface area contributed by atoms with Gasteiger partial charge in [0.1, 0.15) is 11.2 Å². The number of amides is 2. The van der Waals surface area contributed by atoms with Gasteiger partial charge in [-0.15, -0.1) is 0 Å². The number of alkyl halides is 12. The first-order chi connectivity index (χ1) is 36.5. The van der Waals surface area contributed by atoms with Crippen LogP contribution in [0.2, 0.25) is 0 Å². The Balaban J connectivity index is 0.000000257. The Morgan fingerprint density at radius 1 is 0.570 bits per heavy atom. The zero-order valence-corrected chi connectivity index (χ0v) is 46.1. The summed E-state index contributed by atoms with van der Waals surface area (Å²) in [6.07, 6.45) is -13.0. The molecule has 0 saturated carbocycles. The Morgan fingerprint density at radius 2 is 0.899 bits per heavy atom. The smallest absolute Gasteiger partial charge is 0.416 e. The predicted molar refractivity (Wildman–Crippen MR) is 271 cm³/mol. The Morgan fingerprint density at radius 3 is 1.20 bits per heavy atom. The SMILES string of the molecule is CC[C@@H]1C[C@H](N(Cc2cc(C(F)(F)F)cc(C(F)(F)F)c2)c2ncc(Br)cn2)CN1C(=O)OC(C)(C)C.CC[C@@H]1C[C@H](N(Cc2cc(C(F)(F)F)cc(C(F)(F)F)c2)c2ncc(N3CCOCC3)cn2)CN1C(=O)OC(C)(C)C. The molecule has 0 bridgehead atoms. The lowest BCUT2D eigenvalue weighted by Gasteiger charge is -2.31. The number of hydrogen-bond acceptors (Lipinski definition) is 12. The second-order valence-electron chi connectivity index (χ2n) is 21.3. The summed E-state index contributed by atoms with van der Waals surface area (Å²) >= 11 is 3.22. The number of morpholine rings is 1. The molecule has 436 valence electrons. The van der Waals surface area contributed by atoms with Crippen LogP contribution in [0.15, 0.2) is 65.7 Å². The lowest BCUT2D eigenvalue weighted by Crippen LogP contribution is -2.42. The fraction of sp³-hybridized carbons (Fsp3) is 0.577. The van der Waals surface area contributed by atoms with E-state index in [1.807, 2.05) is 18.7 Å². The molecule has 2 amide bonds. The fourth-order valence-electron chi connectivity index (χ4n) is 9.34. The monoisotopic (exact) mass is 1200 g/mol. The van der Waals surface area contributed by atoms with E-state index in [9.17, 15) is 62.3 Å². The summed E-state index contributed by atoms with van der Waals surface area (Å²) in [4.78, 5) is 51.5. The summed E-state index contributed by atoms with van der Waals surface area (Å²) < 4.78 is 179. The largest absolute Gasteiger partial charge is 0.444 e. The molecule has 5 heterocycles. The minimum Gasteiger partial charge on any atom is -0.444 e. The van der Waals surface area contributed by atoms with Gasteiger partial charge in [-0.25, -0.2) is 29.5 Å². The second kappa shape index (κ2) is 24.5. The van der Waals surface area contributed by atoms with Crippen molar-refractivity contribution < 1.29 is 76.5 Å². The van der Waals surface area contributed by atoms with Crippen LogP contribution in [-0.2, 0) is 52.0 Å². The van der Waals surface area contributed by atoms with Gasteiger partial charge in [-0.1, -0.05) is 13.8 Å². The average molecular weight is 1200 g/mol. The lowest BCUT2D eigenvalue weighted by molar-refractivity contribution is -0.144. The van der Waals surface area contributed by atoms with Crippen molar-refractivity contribution in [2.24, 2.45) is 0 Å². The molecule has 2 aromatic heterocycles. The van der Waals surface area contributed by atoms with Crippen LogP contribution in [-0.4, -0.2) is 117 Å². The fourth-order valence-corrected chi connectivity index (χ4v) is 9.54. The molecule has 0 unspecified atom stereocenters. The first kappa shape index (κ1) is 62.3. The normalized spacial score (nSPS) is 19.5. The molecule has 0 radical (unpaired) electrons. The van der Waals surface area contributed by atoms with E-state index < -0.39 is 82.4 Å². The van der Waals surface area contributed by atoms with E-state index in [1.165, 1.54) is 22.2 Å². The molecular weight excluding hydrogens is 1140 g/mol. The molecule has 79 heavy (non-hydrogen) atoms.